The topological polar surface area (TPSA) is 66.5 Å². The van der Waals surface area contributed by atoms with E-state index in [0.717, 1.165) is 41.1 Å². The van der Waals surface area contributed by atoms with Crippen LogP contribution in [0.5, 0.6) is 0 Å². The van der Waals surface area contributed by atoms with Crippen molar-refractivity contribution in [3.63, 3.8) is 0 Å². The normalized spacial score (nSPS) is 13.9. The SMILES string of the molecule is CN1C(=O)Cc2cc(S(=O)(=O)NCCCCc3ccccc3Cl)ccc21. The van der Waals surface area contributed by atoms with E-state index in [9.17, 15) is 13.2 Å². The van der Waals surface area contributed by atoms with Crippen molar-refractivity contribution >= 4 is 33.2 Å². The summed E-state index contributed by atoms with van der Waals surface area (Å²) in [6, 6.07) is 12.5. The number of likely N-dealkylation sites (N-methyl/N-ethyl adjacent to an activating group) is 1. The first-order valence-corrected chi connectivity index (χ1v) is 10.4. The van der Waals surface area contributed by atoms with E-state index in [1.54, 1.807) is 30.1 Å². The van der Waals surface area contributed by atoms with Crippen molar-refractivity contribution < 1.29 is 13.2 Å². The van der Waals surface area contributed by atoms with E-state index in [0.29, 0.717) is 6.54 Å². The molecular formula is C19H21ClN2O3S. The van der Waals surface area contributed by atoms with Gasteiger partial charge in [0.25, 0.3) is 0 Å². The number of carbonyl (C=O) groups is 1. The highest BCUT2D eigenvalue weighted by Crippen LogP contribution is 2.29. The number of hydrogen-bond donors (Lipinski definition) is 1. The summed E-state index contributed by atoms with van der Waals surface area (Å²) in [5.41, 5.74) is 2.59. The summed E-state index contributed by atoms with van der Waals surface area (Å²) in [6.45, 7) is 0.364. The second kappa shape index (κ2) is 7.78. The fourth-order valence-electron chi connectivity index (χ4n) is 3.05. The average molecular weight is 393 g/mol. The molecule has 5 nitrogen and oxygen atoms in total. The molecule has 138 valence electrons. The molecule has 26 heavy (non-hydrogen) atoms. The quantitative estimate of drug-likeness (QED) is 0.736. The van der Waals surface area contributed by atoms with E-state index in [-0.39, 0.29) is 17.2 Å². The van der Waals surface area contributed by atoms with E-state index in [1.165, 1.54) is 0 Å². The molecule has 0 atom stereocenters. The van der Waals surface area contributed by atoms with Crippen LogP contribution in [0.4, 0.5) is 5.69 Å². The fraction of sp³-hybridized carbons (Fsp3) is 0.316. The fourth-order valence-corrected chi connectivity index (χ4v) is 4.40. The number of anilines is 1. The van der Waals surface area contributed by atoms with E-state index in [1.807, 2.05) is 24.3 Å². The Bertz CT molecular complexity index is 928. The third-order valence-electron chi connectivity index (χ3n) is 4.56. The van der Waals surface area contributed by atoms with Crippen LogP contribution in [0.25, 0.3) is 0 Å². The van der Waals surface area contributed by atoms with Crippen LogP contribution < -0.4 is 9.62 Å². The summed E-state index contributed by atoms with van der Waals surface area (Å²) in [7, 11) is -1.88. The molecule has 1 aliphatic heterocycles. The predicted molar refractivity (Wildman–Crippen MR) is 103 cm³/mol. The van der Waals surface area contributed by atoms with Crippen LogP contribution in [0.2, 0.25) is 5.02 Å². The first kappa shape index (κ1) is 18.9. The van der Waals surface area contributed by atoms with Gasteiger partial charge in [-0.1, -0.05) is 29.8 Å². The van der Waals surface area contributed by atoms with Crippen molar-refractivity contribution in [3.8, 4) is 0 Å². The highest BCUT2D eigenvalue weighted by atomic mass is 35.5. The molecule has 0 radical (unpaired) electrons. The summed E-state index contributed by atoms with van der Waals surface area (Å²) in [4.78, 5) is 13.5. The van der Waals surface area contributed by atoms with Crippen LogP contribution >= 0.6 is 11.6 Å². The lowest BCUT2D eigenvalue weighted by Gasteiger charge is -2.11. The molecule has 2 aromatic rings. The van der Waals surface area contributed by atoms with Crippen molar-refractivity contribution in [2.75, 3.05) is 18.5 Å². The van der Waals surface area contributed by atoms with E-state index >= 15 is 0 Å². The molecule has 1 heterocycles. The molecule has 0 spiro atoms. The lowest BCUT2D eigenvalue weighted by atomic mass is 10.1. The van der Waals surface area contributed by atoms with Gasteiger partial charge in [-0.05, 0) is 54.7 Å². The maximum atomic E-state index is 12.5. The zero-order valence-corrected chi connectivity index (χ0v) is 16.1. The number of benzene rings is 2. The number of carbonyl (C=O) groups excluding carboxylic acids is 1. The summed E-state index contributed by atoms with van der Waals surface area (Å²) in [5.74, 6) is -0.0259. The number of unbranched alkanes of at least 4 members (excludes halogenated alkanes) is 1. The average Bonchev–Trinajstić information content (AvgIpc) is 2.90. The third-order valence-corrected chi connectivity index (χ3v) is 6.39. The molecule has 0 fully saturated rings. The van der Waals surface area contributed by atoms with Crippen LogP contribution in [0.3, 0.4) is 0 Å². The highest BCUT2D eigenvalue weighted by molar-refractivity contribution is 7.89. The lowest BCUT2D eigenvalue weighted by molar-refractivity contribution is -0.117. The van der Waals surface area contributed by atoms with Crippen LogP contribution in [0.15, 0.2) is 47.4 Å². The maximum Gasteiger partial charge on any atom is 0.240 e. The third kappa shape index (κ3) is 4.09. The van der Waals surface area contributed by atoms with Crippen molar-refractivity contribution in [3.05, 3.63) is 58.6 Å². The summed E-state index contributed by atoms with van der Waals surface area (Å²) in [6.07, 6.45) is 2.62. The van der Waals surface area contributed by atoms with Gasteiger partial charge in [-0.2, -0.15) is 0 Å². The van der Waals surface area contributed by atoms with Gasteiger partial charge >= 0.3 is 0 Å². The number of aryl methyl sites for hydroxylation is 1. The van der Waals surface area contributed by atoms with E-state index in [4.69, 9.17) is 11.6 Å². The molecule has 3 rings (SSSR count). The predicted octanol–water partition coefficient (Wildman–Crippen LogP) is 3.16. The van der Waals surface area contributed by atoms with Crippen LogP contribution in [-0.4, -0.2) is 27.9 Å². The number of rotatable bonds is 7. The largest absolute Gasteiger partial charge is 0.315 e. The molecule has 0 aliphatic carbocycles. The van der Waals surface area contributed by atoms with Crippen molar-refractivity contribution in [1.29, 1.82) is 0 Å². The van der Waals surface area contributed by atoms with Crippen molar-refractivity contribution in [2.45, 2.75) is 30.6 Å². The maximum absolute atomic E-state index is 12.5. The minimum absolute atomic E-state index is 0.0259. The standard InChI is InChI=1S/C19H21ClN2O3S/c1-22-18-10-9-16(12-15(18)13-19(22)23)26(24,25)21-11-5-4-7-14-6-2-3-8-17(14)20/h2-3,6,8-10,12,21H,4-5,7,11,13H2,1H3. The molecule has 0 saturated carbocycles. The molecule has 0 unspecified atom stereocenters. The van der Waals surface area contributed by atoms with Gasteiger partial charge in [0.2, 0.25) is 15.9 Å². The molecule has 1 amide bonds. The van der Waals surface area contributed by atoms with Crippen molar-refractivity contribution in [1.82, 2.24) is 4.72 Å². The second-order valence-corrected chi connectivity index (χ2v) is 8.54. The first-order chi connectivity index (χ1) is 12.4. The Kier molecular flexibility index (Phi) is 5.65. The van der Waals surface area contributed by atoms with Gasteiger partial charge in [0, 0.05) is 24.3 Å². The van der Waals surface area contributed by atoms with Gasteiger partial charge in [0.15, 0.2) is 0 Å². The minimum Gasteiger partial charge on any atom is -0.315 e. The Balaban J connectivity index is 1.54. The smallest absolute Gasteiger partial charge is 0.240 e. The summed E-state index contributed by atoms with van der Waals surface area (Å²) in [5, 5.41) is 0.741. The summed E-state index contributed by atoms with van der Waals surface area (Å²) < 4.78 is 27.5. The Morgan fingerprint density at radius 2 is 1.92 bits per heavy atom. The molecule has 1 N–H and O–H groups in total. The molecule has 1 aliphatic rings. The van der Waals surface area contributed by atoms with E-state index in [2.05, 4.69) is 4.72 Å². The number of nitrogens with zero attached hydrogens (tertiary/aromatic N) is 1. The number of hydrogen-bond acceptors (Lipinski definition) is 3. The lowest BCUT2D eigenvalue weighted by Crippen LogP contribution is -2.25. The van der Waals surface area contributed by atoms with Crippen LogP contribution in [0.1, 0.15) is 24.0 Å². The van der Waals surface area contributed by atoms with Gasteiger partial charge in [-0.3, -0.25) is 4.79 Å². The van der Waals surface area contributed by atoms with Gasteiger partial charge < -0.3 is 4.90 Å². The monoisotopic (exact) mass is 392 g/mol. The Morgan fingerprint density at radius 1 is 1.15 bits per heavy atom. The highest BCUT2D eigenvalue weighted by Gasteiger charge is 2.26. The van der Waals surface area contributed by atoms with Gasteiger partial charge in [0.1, 0.15) is 0 Å². The minimum atomic E-state index is -3.58. The van der Waals surface area contributed by atoms with Crippen molar-refractivity contribution in [2.24, 2.45) is 0 Å². The molecule has 0 saturated heterocycles. The van der Waals surface area contributed by atoms with E-state index < -0.39 is 10.0 Å². The van der Waals surface area contributed by atoms with Gasteiger partial charge in [-0.25, -0.2) is 13.1 Å². The molecule has 7 heteroatoms. The molecule has 2 aromatic carbocycles. The number of fused-ring (bicyclic) bond motifs is 1. The number of amides is 1. The summed E-state index contributed by atoms with van der Waals surface area (Å²) >= 11 is 6.12. The molecule has 0 bridgehead atoms. The Morgan fingerprint density at radius 3 is 2.69 bits per heavy atom. The molecular weight excluding hydrogens is 372 g/mol. The zero-order chi connectivity index (χ0) is 18.7. The van der Waals surface area contributed by atoms with Gasteiger partial charge in [-0.15, -0.1) is 0 Å². The van der Waals surface area contributed by atoms with Crippen LogP contribution in [-0.2, 0) is 27.7 Å². The molecule has 0 aromatic heterocycles. The number of halogens is 1. The van der Waals surface area contributed by atoms with Crippen LogP contribution in [0, 0.1) is 0 Å². The first-order valence-electron chi connectivity index (χ1n) is 8.51. The number of nitrogens with one attached hydrogen (secondary N) is 1. The Labute approximate surface area is 159 Å². The second-order valence-electron chi connectivity index (χ2n) is 6.37. The zero-order valence-electron chi connectivity index (χ0n) is 14.5. The Hall–Kier alpha value is -1.89. The number of sulfonamides is 1. The van der Waals surface area contributed by atoms with Gasteiger partial charge in [0.05, 0.1) is 11.3 Å².